The van der Waals surface area contributed by atoms with Crippen LogP contribution in [0.1, 0.15) is 11.1 Å². The first kappa shape index (κ1) is 12.0. The van der Waals surface area contributed by atoms with Gasteiger partial charge in [0.2, 0.25) is 0 Å². The molecule has 5 nitrogen and oxygen atoms in total. The van der Waals surface area contributed by atoms with Crippen LogP contribution in [0.2, 0.25) is 0 Å². The molecule has 1 aromatic carbocycles. The van der Waals surface area contributed by atoms with Crippen molar-refractivity contribution in [1.82, 2.24) is 10.2 Å². The quantitative estimate of drug-likeness (QED) is 0.594. The fraction of sp³-hybridized carbons (Fsp3) is 0.154. The summed E-state index contributed by atoms with van der Waals surface area (Å²) in [5.74, 6) is -1.26. The number of nitrogens with zero attached hydrogens (tertiary/aromatic N) is 1. The van der Waals surface area contributed by atoms with E-state index in [1.165, 1.54) is 13.1 Å². The molecular formula is C13H12N2O3. The number of carbonyl (C=O) groups is 3. The molecule has 0 spiro atoms. The maximum atomic E-state index is 11.8. The molecule has 2 rings (SSSR count). The molecule has 0 unspecified atom stereocenters. The number of imide groups is 2. The minimum absolute atomic E-state index is 0.0408. The minimum Gasteiger partial charge on any atom is -0.273 e. The van der Waals surface area contributed by atoms with Gasteiger partial charge in [-0.3, -0.25) is 19.8 Å². The summed E-state index contributed by atoms with van der Waals surface area (Å²) >= 11 is 0. The molecule has 1 N–H and O–H groups in total. The Morgan fingerprint density at radius 3 is 2.33 bits per heavy atom. The third-order valence-electron chi connectivity index (χ3n) is 2.69. The molecule has 0 bridgehead atoms. The van der Waals surface area contributed by atoms with Crippen LogP contribution in [0.4, 0.5) is 4.79 Å². The third-order valence-corrected chi connectivity index (χ3v) is 2.69. The number of aryl methyl sites for hydroxylation is 1. The van der Waals surface area contributed by atoms with E-state index >= 15 is 0 Å². The highest BCUT2D eigenvalue weighted by molar-refractivity contribution is 6.30. The van der Waals surface area contributed by atoms with Crippen molar-refractivity contribution < 1.29 is 14.4 Å². The van der Waals surface area contributed by atoms with Crippen LogP contribution >= 0.6 is 0 Å². The lowest BCUT2D eigenvalue weighted by Gasteiger charge is -2.22. The lowest BCUT2D eigenvalue weighted by molar-refractivity contribution is -0.129. The third kappa shape index (κ3) is 2.15. The number of likely N-dealkylation sites (N-methyl/N-ethyl adjacent to an activating group) is 1. The molecule has 0 radical (unpaired) electrons. The van der Waals surface area contributed by atoms with Crippen molar-refractivity contribution >= 4 is 23.9 Å². The number of urea groups is 1. The van der Waals surface area contributed by atoms with Gasteiger partial charge in [0.1, 0.15) is 5.57 Å². The standard InChI is InChI=1S/C13H12N2O3/c1-8-3-5-9(6-4-8)7-10-11(16)14-13(18)15(2)12(10)17/h3-7H,1-2H3,(H,14,16,18)/b10-7+. The van der Waals surface area contributed by atoms with Crippen LogP contribution in [-0.4, -0.2) is 29.8 Å². The monoisotopic (exact) mass is 244 g/mol. The summed E-state index contributed by atoms with van der Waals surface area (Å²) in [5.41, 5.74) is 1.78. The molecule has 4 amide bonds. The zero-order chi connectivity index (χ0) is 13.3. The first-order valence-corrected chi connectivity index (χ1v) is 5.41. The van der Waals surface area contributed by atoms with Crippen LogP contribution in [-0.2, 0) is 9.59 Å². The number of rotatable bonds is 1. The van der Waals surface area contributed by atoms with Gasteiger partial charge < -0.3 is 0 Å². The van der Waals surface area contributed by atoms with Crippen LogP contribution in [0.5, 0.6) is 0 Å². The van der Waals surface area contributed by atoms with Gasteiger partial charge in [0.05, 0.1) is 0 Å². The van der Waals surface area contributed by atoms with Gasteiger partial charge in [0.25, 0.3) is 11.8 Å². The van der Waals surface area contributed by atoms with Gasteiger partial charge in [-0.2, -0.15) is 0 Å². The molecule has 1 saturated heterocycles. The zero-order valence-electron chi connectivity index (χ0n) is 10.1. The number of benzene rings is 1. The Balaban J connectivity index is 2.37. The number of amides is 4. The van der Waals surface area contributed by atoms with Gasteiger partial charge in [0, 0.05) is 7.05 Å². The van der Waals surface area contributed by atoms with Crippen LogP contribution in [0.15, 0.2) is 29.8 Å². The number of hydrogen-bond acceptors (Lipinski definition) is 3. The van der Waals surface area contributed by atoms with Crippen molar-refractivity contribution in [3.8, 4) is 0 Å². The maximum absolute atomic E-state index is 11.8. The van der Waals surface area contributed by atoms with E-state index in [0.717, 1.165) is 16.0 Å². The molecule has 5 heteroatoms. The lowest BCUT2D eigenvalue weighted by atomic mass is 10.1. The van der Waals surface area contributed by atoms with E-state index < -0.39 is 17.8 Å². The van der Waals surface area contributed by atoms with Crippen molar-refractivity contribution in [2.24, 2.45) is 0 Å². The Morgan fingerprint density at radius 2 is 1.72 bits per heavy atom. The first-order valence-electron chi connectivity index (χ1n) is 5.41. The highest BCUT2D eigenvalue weighted by Crippen LogP contribution is 2.13. The van der Waals surface area contributed by atoms with E-state index in [1.54, 1.807) is 12.1 Å². The molecule has 1 aliphatic heterocycles. The number of carbonyl (C=O) groups excluding carboxylic acids is 3. The number of hydrogen-bond donors (Lipinski definition) is 1. The average molecular weight is 244 g/mol. The Labute approximate surface area is 104 Å². The van der Waals surface area contributed by atoms with Crippen LogP contribution in [0, 0.1) is 6.92 Å². The number of barbiturate groups is 1. The molecule has 0 aromatic heterocycles. The van der Waals surface area contributed by atoms with Crippen molar-refractivity contribution in [2.45, 2.75) is 6.92 Å². The van der Waals surface area contributed by atoms with Gasteiger partial charge in [-0.25, -0.2) is 4.79 Å². The van der Waals surface area contributed by atoms with Crippen molar-refractivity contribution in [2.75, 3.05) is 7.05 Å². The van der Waals surface area contributed by atoms with Gasteiger partial charge in [-0.05, 0) is 18.6 Å². The zero-order valence-corrected chi connectivity index (χ0v) is 10.1. The van der Waals surface area contributed by atoms with Crippen molar-refractivity contribution in [3.05, 3.63) is 41.0 Å². The van der Waals surface area contributed by atoms with E-state index in [4.69, 9.17) is 0 Å². The summed E-state index contributed by atoms with van der Waals surface area (Å²) in [6.07, 6.45) is 1.47. The van der Waals surface area contributed by atoms with Gasteiger partial charge >= 0.3 is 6.03 Å². The van der Waals surface area contributed by atoms with E-state index in [0.29, 0.717) is 0 Å². The maximum Gasteiger partial charge on any atom is 0.331 e. The van der Waals surface area contributed by atoms with Crippen molar-refractivity contribution in [1.29, 1.82) is 0 Å². The van der Waals surface area contributed by atoms with Gasteiger partial charge in [0.15, 0.2) is 0 Å². The largest absolute Gasteiger partial charge is 0.331 e. The Bertz CT molecular complexity index is 558. The highest BCUT2D eigenvalue weighted by atomic mass is 16.2. The summed E-state index contributed by atoms with van der Waals surface area (Å²) in [6.45, 7) is 1.95. The normalized spacial score (nSPS) is 18.2. The molecular weight excluding hydrogens is 232 g/mol. The minimum atomic E-state index is -0.703. The summed E-state index contributed by atoms with van der Waals surface area (Å²) < 4.78 is 0. The molecule has 0 aliphatic carbocycles. The van der Waals surface area contributed by atoms with Crippen LogP contribution in [0.3, 0.4) is 0 Å². The Morgan fingerprint density at radius 1 is 1.11 bits per heavy atom. The molecule has 1 fully saturated rings. The second-order valence-corrected chi connectivity index (χ2v) is 4.09. The van der Waals surface area contributed by atoms with E-state index in [1.807, 2.05) is 19.1 Å². The molecule has 0 saturated carbocycles. The number of nitrogens with one attached hydrogen (secondary N) is 1. The molecule has 92 valence electrons. The summed E-state index contributed by atoms with van der Waals surface area (Å²) in [7, 11) is 1.33. The summed E-state index contributed by atoms with van der Waals surface area (Å²) in [4.78, 5) is 35.5. The lowest BCUT2D eigenvalue weighted by Crippen LogP contribution is -2.52. The Hall–Kier alpha value is -2.43. The highest BCUT2D eigenvalue weighted by Gasteiger charge is 2.32. The van der Waals surface area contributed by atoms with E-state index in [9.17, 15) is 14.4 Å². The Kier molecular flexibility index (Phi) is 2.97. The smallest absolute Gasteiger partial charge is 0.273 e. The molecule has 0 atom stereocenters. The summed E-state index contributed by atoms with van der Waals surface area (Å²) in [5, 5.41) is 2.10. The fourth-order valence-corrected chi connectivity index (χ4v) is 1.57. The second-order valence-electron chi connectivity index (χ2n) is 4.09. The van der Waals surface area contributed by atoms with Crippen molar-refractivity contribution in [3.63, 3.8) is 0 Å². The summed E-state index contributed by atoms with van der Waals surface area (Å²) in [6, 6.07) is 6.67. The topological polar surface area (TPSA) is 66.5 Å². The van der Waals surface area contributed by atoms with E-state index in [-0.39, 0.29) is 5.57 Å². The molecule has 1 aliphatic rings. The van der Waals surface area contributed by atoms with Crippen LogP contribution < -0.4 is 5.32 Å². The predicted molar refractivity (Wildman–Crippen MR) is 65.5 cm³/mol. The molecule has 1 aromatic rings. The second kappa shape index (κ2) is 4.44. The van der Waals surface area contributed by atoms with Crippen LogP contribution in [0.25, 0.3) is 6.08 Å². The predicted octanol–water partition coefficient (Wildman–Crippen LogP) is 1.09. The average Bonchev–Trinajstić information content (AvgIpc) is 2.34. The van der Waals surface area contributed by atoms with Gasteiger partial charge in [-0.15, -0.1) is 0 Å². The SMILES string of the molecule is Cc1ccc(/C=C2\C(=O)NC(=O)N(C)C2=O)cc1. The molecule has 1 heterocycles. The fourth-order valence-electron chi connectivity index (χ4n) is 1.57. The van der Waals surface area contributed by atoms with Gasteiger partial charge in [-0.1, -0.05) is 29.8 Å². The molecule has 18 heavy (non-hydrogen) atoms. The first-order chi connectivity index (χ1) is 8.49. The van der Waals surface area contributed by atoms with E-state index in [2.05, 4.69) is 5.32 Å².